The number of nitrogens with one attached hydrogen (secondary N) is 2. The normalized spacial score (nSPS) is 16.9. The van der Waals surface area contributed by atoms with Crippen LogP contribution in [0.15, 0.2) is 72.9 Å². The minimum atomic E-state index is -0.0905. The van der Waals surface area contributed by atoms with E-state index in [1.807, 2.05) is 51.7 Å². The standard InChI is InChI=1S/C34H41N7O2/c1-22(2)33-38-37-31-17-14-25(19-40(31)33)43-29-16-15-28(26-8-6-7-9-27(26)29)35-21-36-32-18-30(34(3,4)5)39-41(32)24-12-10-23(20-42)11-13-24/h6-14,17-19,22,28-29,35-36,42H,15-16,20-21H2,1-5H3. The third kappa shape index (κ3) is 6.00. The second kappa shape index (κ2) is 11.8. The first-order valence-corrected chi connectivity index (χ1v) is 15.1. The van der Waals surface area contributed by atoms with Gasteiger partial charge in [-0.2, -0.15) is 5.10 Å². The molecule has 9 nitrogen and oxygen atoms in total. The van der Waals surface area contributed by atoms with E-state index in [-0.39, 0.29) is 30.1 Å². The van der Waals surface area contributed by atoms with Gasteiger partial charge >= 0.3 is 0 Å². The molecular weight excluding hydrogens is 538 g/mol. The van der Waals surface area contributed by atoms with Crippen molar-refractivity contribution in [3.8, 4) is 11.4 Å². The Morgan fingerprint density at radius 2 is 1.74 bits per heavy atom. The maximum atomic E-state index is 9.47. The number of anilines is 1. The van der Waals surface area contributed by atoms with Crippen molar-refractivity contribution < 1.29 is 9.84 Å². The third-order valence-electron chi connectivity index (χ3n) is 8.09. The molecule has 3 heterocycles. The molecule has 0 amide bonds. The number of rotatable bonds is 9. The van der Waals surface area contributed by atoms with Crippen LogP contribution >= 0.6 is 0 Å². The van der Waals surface area contributed by atoms with Crippen molar-refractivity contribution in [2.45, 2.75) is 77.5 Å². The lowest BCUT2D eigenvalue weighted by Gasteiger charge is -2.32. The van der Waals surface area contributed by atoms with Crippen LogP contribution in [-0.4, -0.2) is 36.2 Å². The van der Waals surface area contributed by atoms with E-state index in [0.717, 1.165) is 52.8 Å². The first kappa shape index (κ1) is 28.9. The zero-order valence-electron chi connectivity index (χ0n) is 25.6. The van der Waals surface area contributed by atoms with Gasteiger partial charge in [-0.25, -0.2) is 4.68 Å². The highest BCUT2D eigenvalue weighted by Crippen LogP contribution is 2.39. The van der Waals surface area contributed by atoms with Crippen molar-refractivity contribution in [1.82, 2.24) is 29.7 Å². The summed E-state index contributed by atoms with van der Waals surface area (Å²) in [6.45, 7) is 11.3. The molecule has 1 aliphatic rings. The summed E-state index contributed by atoms with van der Waals surface area (Å²) in [7, 11) is 0. The molecule has 5 aromatic rings. The van der Waals surface area contributed by atoms with Gasteiger partial charge in [-0.05, 0) is 53.8 Å². The molecule has 0 saturated carbocycles. The molecule has 2 atom stereocenters. The lowest BCUT2D eigenvalue weighted by Crippen LogP contribution is -2.32. The van der Waals surface area contributed by atoms with Crippen LogP contribution in [0.1, 0.15) is 93.7 Å². The molecule has 1 aliphatic carbocycles. The molecule has 0 saturated heterocycles. The minimum Gasteiger partial charge on any atom is -0.484 e. The Labute approximate surface area is 252 Å². The van der Waals surface area contributed by atoms with Crippen LogP contribution in [0, 0.1) is 0 Å². The van der Waals surface area contributed by atoms with Gasteiger partial charge in [0, 0.05) is 23.4 Å². The SMILES string of the molecule is CC(C)c1nnc2ccc(OC3CCC(NCNc4cc(C(C)(C)C)nn4-c4ccc(CO)cc4)c4ccccc43)cn12. The van der Waals surface area contributed by atoms with E-state index in [1.54, 1.807) is 0 Å². The second-order valence-electron chi connectivity index (χ2n) is 12.6. The number of hydrogen-bond acceptors (Lipinski definition) is 7. The molecule has 3 aromatic heterocycles. The van der Waals surface area contributed by atoms with Crippen molar-refractivity contribution >= 4 is 11.5 Å². The Hall–Kier alpha value is -4.21. The molecule has 6 rings (SSSR count). The van der Waals surface area contributed by atoms with Gasteiger partial charge in [0.25, 0.3) is 0 Å². The predicted molar refractivity (Wildman–Crippen MR) is 169 cm³/mol. The van der Waals surface area contributed by atoms with Crippen molar-refractivity contribution in [2.75, 3.05) is 12.0 Å². The first-order chi connectivity index (χ1) is 20.7. The highest BCUT2D eigenvalue weighted by molar-refractivity contribution is 5.48. The number of nitrogens with zero attached hydrogens (tertiary/aromatic N) is 5. The number of pyridine rings is 1. The van der Waals surface area contributed by atoms with Crippen LogP contribution in [0.2, 0.25) is 0 Å². The van der Waals surface area contributed by atoms with E-state index in [9.17, 15) is 5.11 Å². The summed E-state index contributed by atoms with van der Waals surface area (Å²) in [4.78, 5) is 0. The highest BCUT2D eigenvalue weighted by atomic mass is 16.5. The van der Waals surface area contributed by atoms with E-state index in [1.165, 1.54) is 11.1 Å². The number of aliphatic hydroxyl groups is 1. The van der Waals surface area contributed by atoms with Gasteiger partial charge in [0.05, 0.1) is 30.9 Å². The zero-order valence-corrected chi connectivity index (χ0v) is 25.6. The summed E-state index contributed by atoms with van der Waals surface area (Å²) in [6.07, 6.45) is 3.82. The number of fused-ring (bicyclic) bond motifs is 2. The number of aromatic nitrogens is 5. The van der Waals surface area contributed by atoms with Gasteiger partial charge < -0.3 is 15.2 Å². The summed E-state index contributed by atoms with van der Waals surface area (Å²) in [6, 6.07) is 22.7. The van der Waals surface area contributed by atoms with E-state index in [2.05, 4.69) is 85.8 Å². The Bertz CT molecular complexity index is 1700. The minimum absolute atomic E-state index is 0.0206. The fourth-order valence-electron chi connectivity index (χ4n) is 5.68. The Morgan fingerprint density at radius 1 is 0.977 bits per heavy atom. The molecular formula is C34H41N7O2. The van der Waals surface area contributed by atoms with Crippen LogP contribution in [-0.2, 0) is 12.0 Å². The fraction of sp³-hybridized carbons (Fsp3) is 0.382. The molecule has 2 unspecified atom stereocenters. The predicted octanol–water partition coefficient (Wildman–Crippen LogP) is 6.44. The lowest BCUT2D eigenvalue weighted by atomic mass is 9.85. The topological polar surface area (TPSA) is 102 Å². The number of aliphatic hydroxyl groups excluding tert-OH is 1. The summed E-state index contributed by atoms with van der Waals surface area (Å²) >= 11 is 0. The van der Waals surface area contributed by atoms with E-state index >= 15 is 0 Å². The van der Waals surface area contributed by atoms with Crippen LogP contribution in [0.5, 0.6) is 5.75 Å². The summed E-state index contributed by atoms with van der Waals surface area (Å²) in [5, 5.41) is 30.4. The van der Waals surface area contributed by atoms with E-state index in [0.29, 0.717) is 6.67 Å². The molecule has 224 valence electrons. The molecule has 2 aromatic carbocycles. The van der Waals surface area contributed by atoms with Gasteiger partial charge in [0.2, 0.25) is 0 Å². The van der Waals surface area contributed by atoms with Gasteiger partial charge in [0.15, 0.2) is 5.65 Å². The molecule has 0 fully saturated rings. The average molecular weight is 580 g/mol. The highest BCUT2D eigenvalue weighted by Gasteiger charge is 2.28. The van der Waals surface area contributed by atoms with Crippen LogP contribution in [0.3, 0.4) is 0 Å². The second-order valence-corrected chi connectivity index (χ2v) is 12.6. The largest absolute Gasteiger partial charge is 0.484 e. The number of ether oxygens (including phenoxy) is 1. The van der Waals surface area contributed by atoms with Crippen LogP contribution in [0.25, 0.3) is 11.3 Å². The van der Waals surface area contributed by atoms with Crippen molar-refractivity contribution in [1.29, 1.82) is 0 Å². The maximum Gasteiger partial charge on any atom is 0.161 e. The third-order valence-corrected chi connectivity index (χ3v) is 8.09. The first-order valence-electron chi connectivity index (χ1n) is 15.1. The van der Waals surface area contributed by atoms with Gasteiger partial charge in [-0.3, -0.25) is 9.72 Å². The molecule has 9 heteroatoms. The monoisotopic (exact) mass is 579 g/mol. The van der Waals surface area contributed by atoms with E-state index < -0.39 is 0 Å². The van der Waals surface area contributed by atoms with Crippen molar-refractivity contribution in [3.05, 3.63) is 101 Å². The van der Waals surface area contributed by atoms with Crippen LogP contribution in [0.4, 0.5) is 5.82 Å². The Morgan fingerprint density at radius 3 is 2.47 bits per heavy atom. The Balaban J connectivity index is 1.17. The lowest BCUT2D eigenvalue weighted by molar-refractivity contribution is 0.172. The van der Waals surface area contributed by atoms with Gasteiger partial charge in [-0.15, -0.1) is 10.2 Å². The molecule has 0 bridgehead atoms. The quantitative estimate of drug-likeness (QED) is 0.173. The smallest absolute Gasteiger partial charge is 0.161 e. The van der Waals surface area contributed by atoms with E-state index in [4.69, 9.17) is 9.84 Å². The molecule has 0 radical (unpaired) electrons. The van der Waals surface area contributed by atoms with Crippen molar-refractivity contribution in [3.63, 3.8) is 0 Å². The fourth-order valence-corrected chi connectivity index (χ4v) is 5.68. The Kier molecular flexibility index (Phi) is 7.94. The van der Waals surface area contributed by atoms with Gasteiger partial charge in [-0.1, -0.05) is 71.0 Å². The maximum absolute atomic E-state index is 9.47. The molecule has 0 aliphatic heterocycles. The summed E-state index contributed by atoms with van der Waals surface area (Å²) in [5.74, 6) is 2.94. The molecule has 43 heavy (non-hydrogen) atoms. The zero-order chi connectivity index (χ0) is 30.1. The average Bonchev–Trinajstić information content (AvgIpc) is 3.63. The van der Waals surface area contributed by atoms with Crippen molar-refractivity contribution in [2.24, 2.45) is 0 Å². The number of hydrogen-bond donors (Lipinski definition) is 3. The molecule has 0 spiro atoms. The number of benzene rings is 2. The summed E-state index contributed by atoms with van der Waals surface area (Å²) < 4.78 is 10.6. The summed E-state index contributed by atoms with van der Waals surface area (Å²) in [5.41, 5.74) is 6.04. The van der Waals surface area contributed by atoms with Crippen LogP contribution < -0.4 is 15.4 Å². The van der Waals surface area contributed by atoms with Gasteiger partial charge in [0.1, 0.15) is 23.5 Å². The molecule has 3 N–H and O–H groups in total.